The highest BCUT2D eigenvalue weighted by Gasteiger charge is 2.43. The molecule has 0 saturated carbocycles. The first kappa shape index (κ1) is 62.4. The van der Waals surface area contributed by atoms with Gasteiger partial charge in [0.1, 0.15) is 21.5 Å². The highest BCUT2D eigenvalue weighted by molar-refractivity contribution is 7.89. The van der Waals surface area contributed by atoms with Crippen LogP contribution in [0.3, 0.4) is 0 Å². The van der Waals surface area contributed by atoms with E-state index >= 15 is 0 Å². The van der Waals surface area contributed by atoms with Crippen molar-refractivity contribution in [3.8, 4) is 22.3 Å². The zero-order chi connectivity index (χ0) is 56.8. The zero-order valence-electron chi connectivity index (χ0n) is 54.5. The highest BCUT2D eigenvalue weighted by atomic mass is 14.3. The first-order valence-corrected chi connectivity index (χ1v) is 30.6. The molecule has 0 fully saturated rings. The SMILES string of the molecule is BBB(B)B(B(B)B)c1c(B(B(B)B)B(B)B)c(B(BB)B(B)B)c(B(B)B(B)B)c2c(-c3c(C)c(C)c(C)c4c(-c5c(C)c(C)c(C)c(C)c5C)c5c(C)c(C)c(C)c(C)c5c(C)c34)c(B(B)B)c(BB)c(B)c12. The van der Waals surface area contributed by atoms with E-state index in [1.165, 1.54) is 118 Å². The van der Waals surface area contributed by atoms with Crippen molar-refractivity contribution in [3.63, 3.8) is 0 Å². The maximum Gasteiger partial charge on any atom is 0.139 e. The molecule has 0 aliphatic rings. The normalized spacial score (nSPS) is 11.2. The summed E-state index contributed by atoms with van der Waals surface area (Å²) < 4.78 is 0. The second kappa shape index (κ2) is 23.7. The van der Waals surface area contributed by atoms with Crippen molar-refractivity contribution in [2.45, 2.75) is 90.0 Å². The Morgan fingerprint density at radius 3 is 1.13 bits per heavy atom. The Morgan fingerprint density at radius 1 is 0.307 bits per heavy atom. The smallest absolute Gasteiger partial charge is 0.113 e. The molecule has 0 bridgehead atoms. The Morgan fingerprint density at radius 2 is 0.720 bits per heavy atom. The molecule has 75 heavy (non-hydrogen) atoms. The van der Waals surface area contributed by atoms with Gasteiger partial charge < -0.3 is 0 Å². The molecular weight excluding hydrogens is 862 g/mol. The fourth-order valence-electron chi connectivity index (χ4n) is 16.0. The molecule has 0 unspecified atom stereocenters. The van der Waals surface area contributed by atoms with Crippen LogP contribution in [-0.4, -0.2) is 231 Å². The van der Waals surface area contributed by atoms with Gasteiger partial charge in [-0.2, -0.15) is 0 Å². The molecule has 32 heteroatoms. The summed E-state index contributed by atoms with van der Waals surface area (Å²) in [6.45, 7) is 33.6. The van der Waals surface area contributed by atoms with Crippen molar-refractivity contribution in [2.75, 3.05) is 0 Å². The standard InChI is InChI=1S/C43H78B32/c1-14-15(2)20(7)27(21(8)16(14)3)33-29-23(10)18(5)17(4)22(9)28(29)26(13)32-30(33)24(11)19(6)25(12)31(32)34-35-36(37(44)38(62-45)39(34)65(48)49)41(69(74(59)60)75(61)64-47)43(68(72(55)56)73(57)58)42(67(63-46)71(53)54)40(35)66(50)70(51)52/h62-64H,44-61H2,1-13H3. The second-order valence-electron chi connectivity index (χ2n) is 27.0. The van der Waals surface area contributed by atoms with E-state index in [4.69, 9.17) is 0 Å². The van der Waals surface area contributed by atoms with Crippen molar-refractivity contribution in [1.29, 1.82) is 0 Å². The number of aryl methyl sites for hydroxylation is 4. The molecule has 0 atom stereocenters. The highest BCUT2D eigenvalue weighted by Crippen LogP contribution is 2.51. The number of fused-ring (bicyclic) bond motifs is 3. The quantitative estimate of drug-likeness (QED) is 0.0670. The van der Waals surface area contributed by atoms with Crippen molar-refractivity contribution in [2.24, 2.45) is 0 Å². The van der Waals surface area contributed by atoms with Gasteiger partial charge in [-0.05, 0) is 217 Å². The molecule has 0 N–H and O–H groups in total. The van der Waals surface area contributed by atoms with E-state index in [-0.39, 0.29) is 0 Å². The lowest BCUT2D eigenvalue weighted by atomic mass is 8.66. The fraction of sp³-hybridized carbons (Fsp3) is 0.302. The summed E-state index contributed by atoms with van der Waals surface area (Å²) >= 11 is 0. The van der Waals surface area contributed by atoms with Gasteiger partial charge >= 0.3 is 0 Å². The maximum atomic E-state index is 2.64. The topological polar surface area (TPSA) is 0 Å². The first-order chi connectivity index (χ1) is 34.8. The number of hydrogen-bond donors (Lipinski definition) is 0. The third-order valence-corrected chi connectivity index (χ3v) is 21.2. The van der Waals surface area contributed by atoms with E-state index in [9.17, 15) is 0 Å². The Hall–Kier alpha value is -1.82. The van der Waals surface area contributed by atoms with Crippen LogP contribution in [0.4, 0.5) is 0 Å². The summed E-state index contributed by atoms with van der Waals surface area (Å²) in [6.07, 6.45) is 2.94. The predicted molar refractivity (Wildman–Crippen MR) is 427 cm³/mol. The zero-order valence-corrected chi connectivity index (χ0v) is 54.5. The Kier molecular flexibility index (Phi) is 19.7. The summed E-state index contributed by atoms with van der Waals surface area (Å²) in [5.74, 6) is 0. The van der Waals surface area contributed by atoms with E-state index in [1.54, 1.807) is 54.6 Å². The van der Waals surface area contributed by atoms with Gasteiger partial charge in [-0.3, -0.25) is 0 Å². The van der Waals surface area contributed by atoms with Crippen LogP contribution < -0.4 is 38.2 Å². The van der Waals surface area contributed by atoms with E-state index in [0.717, 1.165) is 14.2 Å². The molecule has 0 spiro atoms. The summed E-state index contributed by atoms with van der Waals surface area (Å²) in [5, 5.41) is 9.13. The predicted octanol–water partition coefficient (Wildman–Crippen LogP) is -15.9. The van der Waals surface area contributed by atoms with Gasteiger partial charge in [0.15, 0.2) is 0 Å². The van der Waals surface area contributed by atoms with Gasteiger partial charge in [-0.25, -0.2) is 0 Å². The lowest BCUT2D eigenvalue weighted by Gasteiger charge is -2.41. The largest absolute Gasteiger partial charge is 0.139 e. The van der Waals surface area contributed by atoms with Gasteiger partial charge in [0, 0.05) is 45.4 Å². The Labute approximate surface area is 483 Å². The third kappa shape index (κ3) is 10.0. The number of rotatable bonds is 16. The minimum Gasteiger partial charge on any atom is -0.113 e. The van der Waals surface area contributed by atoms with E-state index < -0.39 is 0 Å². The molecule has 6 rings (SSSR count). The van der Waals surface area contributed by atoms with Gasteiger partial charge in [0.05, 0.1) is 165 Å². The monoisotopic (exact) mass is 947 g/mol. The minimum absolute atomic E-state index is 0.311. The fourth-order valence-corrected chi connectivity index (χ4v) is 16.0. The van der Waals surface area contributed by atoms with E-state index in [0.29, 0.717) is 70.8 Å². The van der Waals surface area contributed by atoms with Crippen LogP contribution in [0.5, 0.6) is 0 Å². The van der Waals surface area contributed by atoms with Crippen LogP contribution in [0, 0.1) is 90.0 Å². The number of hydrogen-bond acceptors (Lipinski definition) is 0. The molecule has 0 nitrogen and oxygen atoms in total. The minimum atomic E-state index is 0.311. The van der Waals surface area contributed by atoms with Crippen molar-refractivity contribution in [3.05, 3.63) is 72.3 Å². The summed E-state index contributed by atoms with van der Waals surface area (Å²) in [6, 6.07) is 0. The third-order valence-electron chi connectivity index (χ3n) is 21.2. The van der Waals surface area contributed by atoms with Gasteiger partial charge in [0.2, 0.25) is 0 Å². The lowest BCUT2D eigenvalue weighted by molar-refractivity contribution is 1.18. The second-order valence-corrected chi connectivity index (χ2v) is 27.0. The molecule has 6 aromatic carbocycles. The molecule has 0 aliphatic carbocycles. The van der Waals surface area contributed by atoms with Crippen LogP contribution >= 0.6 is 0 Å². The summed E-state index contributed by atoms with van der Waals surface area (Å²) in [4.78, 5) is 0. The Balaban J connectivity index is 2.30. The molecule has 0 amide bonds. The van der Waals surface area contributed by atoms with Crippen LogP contribution in [0.15, 0.2) is 0 Å². The molecule has 0 heterocycles. The van der Waals surface area contributed by atoms with Crippen molar-refractivity contribution >= 4 is 302 Å². The Bertz CT molecular complexity index is 3220. The van der Waals surface area contributed by atoms with Crippen LogP contribution in [0.1, 0.15) is 72.3 Å². The molecular formula is C43H78B32. The van der Waals surface area contributed by atoms with Gasteiger partial charge in [0.25, 0.3) is 0 Å². The van der Waals surface area contributed by atoms with Crippen molar-refractivity contribution in [1.82, 2.24) is 0 Å². The lowest BCUT2D eigenvalue weighted by Crippen LogP contribution is -2.80. The molecule has 6 aromatic rings. The van der Waals surface area contributed by atoms with Gasteiger partial charge in [-0.15, -0.1) is 16.4 Å². The number of benzene rings is 6. The maximum absolute atomic E-state index is 2.64. The molecule has 0 aliphatic heterocycles. The van der Waals surface area contributed by atoms with Crippen molar-refractivity contribution < 1.29 is 0 Å². The first-order valence-electron chi connectivity index (χ1n) is 30.6. The summed E-state index contributed by atoms with van der Waals surface area (Å²) in [5.41, 5.74) is 36.3. The van der Waals surface area contributed by atoms with Crippen LogP contribution in [-0.2, 0) is 0 Å². The van der Waals surface area contributed by atoms with E-state index in [2.05, 4.69) is 229 Å². The average Bonchev–Trinajstić information content (AvgIpc) is 3.33. The van der Waals surface area contributed by atoms with Gasteiger partial charge in [-0.1, -0.05) is 21.9 Å². The molecule has 0 aromatic heterocycles. The summed E-state index contributed by atoms with van der Waals surface area (Å²) in [7, 11) is 49.2. The van der Waals surface area contributed by atoms with Crippen LogP contribution in [0.25, 0.3) is 54.6 Å². The van der Waals surface area contributed by atoms with E-state index in [1.807, 2.05) is 0 Å². The van der Waals surface area contributed by atoms with Crippen LogP contribution in [0.2, 0.25) is 0 Å². The molecule has 0 radical (unpaired) electrons. The average molecular weight is 941 g/mol. The molecule has 346 valence electrons. The molecule has 0 saturated heterocycles.